The number of carbonyl (C=O) groups is 2. The third kappa shape index (κ3) is 4.95. The molecule has 138 valence electrons. The Labute approximate surface area is 153 Å². The SMILES string of the molecule is NC(=O)[C@H](Cc1ccccc1)NC(=O)C[C@@H]1CCCN1Cc1ccoc1. The summed E-state index contributed by atoms with van der Waals surface area (Å²) < 4.78 is 5.12. The molecule has 0 bridgehead atoms. The highest BCUT2D eigenvalue weighted by Crippen LogP contribution is 2.22. The summed E-state index contributed by atoms with van der Waals surface area (Å²) in [6.45, 7) is 1.74. The highest BCUT2D eigenvalue weighted by atomic mass is 16.3. The van der Waals surface area contributed by atoms with Gasteiger partial charge in [0.15, 0.2) is 0 Å². The summed E-state index contributed by atoms with van der Waals surface area (Å²) in [5.41, 5.74) is 7.56. The van der Waals surface area contributed by atoms with Gasteiger partial charge in [0.2, 0.25) is 11.8 Å². The Hall–Kier alpha value is -2.60. The van der Waals surface area contributed by atoms with Gasteiger partial charge in [-0.3, -0.25) is 14.5 Å². The van der Waals surface area contributed by atoms with Gasteiger partial charge < -0.3 is 15.5 Å². The molecule has 3 N–H and O–H groups in total. The van der Waals surface area contributed by atoms with Crippen LogP contribution in [0.3, 0.4) is 0 Å². The number of primary amides is 1. The van der Waals surface area contributed by atoms with Crippen LogP contribution in [0.1, 0.15) is 30.4 Å². The molecule has 1 aromatic carbocycles. The van der Waals surface area contributed by atoms with Gasteiger partial charge in [-0.25, -0.2) is 0 Å². The van der Waals surface area contributed by atoms with E-state index in [0.29, 0.717) is 12.8 Å². The number of hydrogen-bond donors (Lipinski definition) is 2. The molecule has 0 saturated carbocycles. The largest absolute Gasteiger partial charge is 0.472 e. The lowest BCUT2D eigenvalue weighted by Crippen LogP contribution is -2.47. The zero-order chi connectivity index (χ0) is 18.4. The molecule has 1 aromatic heterocycles. The maximum absolute atomic E-state index is 12.5. The molecule has 1 fully saturated rings. The van der Waals surface area contributed by atoms with E-state index in [-0.39, 0.29) is 11.9 Å². The van der Waals surface area contributed by atoms with Gasteiger partial charge in [-0.05, 0) is 31.0 Å². The molecule has 1 saturated heterocycles. The lowest BCUT2D eigenvalue weighted by atomic mass is 10.0. The molecule has 2 amide bonds. The fourth-order valence-electron chi connectivity index (χ4n) is 3.49. The first-order valence-electron chi connectivity index (χ1n) is 8.99. The van der Waals surface area contributed by atoms with Crippen LogP contribution >= 0.6 is 0 Å². The van der Waals surface area contributed by atoms with Crippen LogP contribution in [0.5, 0.6) is 0 Å². The number of nitrogens with one attached hydrogen (secondary N) is 1. The van der Waals surface area contributed by atoms with Gasteiger partial charge in [0.25, 0.3) is 0 Å². The fraction of sp³-hybridized carbons (Fsp3) is 0.400. The normalized spacial score (nSPS) is 18.5. The lowest BCUT2D eigenvalue weighted by Gasteiger charge is -2.24. The smallest absolute Gasteiger partial charge is 0.240 e. The summed E-state index contributed by atoms with van der Waals surface area (Å²) in [5, 5.41) is 2.81. The van der Waals surface area contributed by atoms with Crippen LogP contribution in [0.2, 0.25) is 0 Å². The zero-order valence-corrected chi connectivity index (χ0v) is 14.8. The number of likely N-dealkylation sites (tertiary alicyclic amines) is 1. The van der Waals surface area contributed by atoms with Crippen LogP contribution in [0.15, 0.2) is 53.3 Å². The predicted molar refractivity (Wildman–Crippen MR) is 98.0 cm³/mol. The van der Waals surface area contributed by atoms with E-state index in [1.54, 1.807) is 12.5 Å². The molecular formula is C20H25N3O3. The molecular weight excluding hydrogens is 330 g/mol. The molecule has 3 rings (SSSR count). The van der Waals surface area contributed by atoms with E-state index in [9.17, 15) is 9.59 Å². The summed E-state index contributed by atoms with van der Waals surface area (Å²) >= 11 is 0. The standard InChI is InChI=1S/C20H25N3O3/c21-20(25)18(11-15-5-2-1-3-6-15)22-19(24)12-17-7-4-9-23(17)13-16-8-10-26-14-16/h1-3,5-6,8,10,14,17-18H,4,7,9,11-13H2,(H2,21,25)(H,22,24)/t17-,18-/m0/s1. The Balaban J connectivity index is 1.55. The number of nitrogens with zero attached hydrogens (tertiary/aromatic N) is 1. The third-order valence-electron chi connectivity index (χ3n) is 4.85. The predicted octanol–water partition coefficient (Wildman–Crippen LogP) is 1.85. The number of rotatable bonds is 8. The van der Waals surface area contributed by atoms with Crippen molar-refractivity contribution in [3.05, 3.63) is 60.1 Å². The second-order valence-corrected chi connectivity index (χ2v) is 6.81. The van der Waals surface area contributed by atoms with Crippen molar-refractivity contribution in [1.82, 2.24) is 10.2 Å². The summed E-state index contributed by atoms with van der Waals surface area (Å²) in [6, 6.07) is 11.0. The molecule has 2 heterocycles. The van der Waals surface area contributed by atoms with E-state index in [1.165, 1.54) is 0 Å². The number of nitrogens with two attached hydrogens (primary N) is 1. The molecule has 0 spiro atoms. The first-order valence-corrected chi connectivity index (χ1v) is 8.99. The van der Waals surface area contributed by atoms with Crippen molar-refractivity contribution in [3.8, 4) is 0 Å². The average molecular weight is 355 g/mol. The fourth-order valence-corrected chi connectivity index (χ4v) is 3.49. The topological polar surface area (TPSA) is 88.6 Å². The van der Waals surface area contributed by atoms with E-state index in [4.69, 9.17) is 10.2 Å². The number of benzene rings is 1. The van der Waals surface area contributed by atoms with Crippen LogP contribution in [0, 0.1) is 0 Å². The molecule has 6 heteroatoms. The summed E-state index contributed by atoms with van der Waals surface area (Å²) in [7, 11) is 0. The van der Waals surface area contributed by atoms with Crippen LogP contribution in [0.4, 0.5) is 0 Å². The summed E-state index contributed by atoms with van der Waals surface area (Å²) in [5.74, 6) is -0.641. The summed E-state index contributed by atoms with van der Waals surface area (Å²) in [4.78, 5) is 26.5. The van der Waals surface area contributed by atoms with E-state index >= 15 is 0 Å². The van der Waals surface area contributed by atoms with Gasteiger partial charge in [-0.1, -0.05) is 30.3 Å². The number of hydrogen-bond acceptors (Lipinski definition) is 4. The van der Waals surface area contributed by atoms with Crippen LogP contribution in [-0.4, -0.2) is 35.3 Å². The van der Waals surface area contributed by atoms with Gasteiger partial charge >= 0.3 is 0 Å². The first-order chi connectivity index (χ1) is 12.6. The Morgan fingerprint density at radius 2 is 2.04 bits per heavy atom. The average Bonchev–Trinajstić information content (AvgIpc) is 3.28. The highest BCUT2D eigenvalue weighted by molar-refractivity contribution is 5.87. The minimum absolute atomic E-state index is 0.131. The monoisotopic (exact) mass is 355 g/mol. The molecule has 0 aliphatic carbocycles. The summed E-state index contributed by atoms with van der Waals surface area (Å²) in [6.07, 6.45) is 6.22. The molecule has 2 aromatic rings. The van der Waals surface area contributed by atoms with Crippen molar-refractivity contribution in [2.75, 3.05) is 6.54 Å². The van der Waals surface area contributed by atoms with E-state index < -0.39 is 11.9 Å². The molecule has 6 nitrogen and oxygen atoms in total. The highest BCUT2D eigenvalue weighted by Gasteiger charge is 2.28. The minimum Gasteiger partial charge on any atom is -0.472 e. The Morgan fingerprint density at radius 1 is 1.23 bits per heavy atom. The lowest BCUT2D eigenvalue weighted by molar-refractivity contribution is -0.128. The molecule has 0 unspecified atom stereocenters. The maximum Gasteiger partial charge on any atom is 0.240 e. The van der Waals surface area contributed by atoms with E-state index in [0.717, 1.165) is 37.1 Å². The molecule has 1 aliphatic heterocycles. The quantitative estimate of drug-likeness (QED) is 0.756. The van der Waals surface area contributed by atoms with Crippen molar-refractivity contribution >= 4 is 11.8 Å². The third-order valence-corrected chi connectivity index (χ3v) is 4.85. The minimum atomic E-state index is -0.686. The molecule has 1 aliphatic rings. The Bertz CT molecular complexity index is 715. The van der Waals surface area contributed by atoms with Gasteiger partial charge in [0, 0.05) is 31.0 Å². The van der Waals surface area contributed by atoms with Gasteiger partial charge in [-0.2, -0.15) is 0 Å². The van der Waals surface area contributed by atoms with Gasteiger partial charge in [0.1, 0.15) is 6.04 Å². The zero-order valence-electron chi connectivity index (χ0n) is 14.8. The second kappa shape index (κ2) is 8.67. The Kier molecular flexibility index (Phi) is 6.07. The van der Waals surface area contributed by atoms with Crippen LogP contribution in [0.25, 0.3) is 0 Å². The van der Waals surface area contributed by atoms with Crippen LogP contribution in [-0.2, 0) is 22.6 Å². The number of carbonyl (C=O) groups excluding carboxylic acids is 2. The van der Waals surface area contributed by atoms with Crippen LogP contribution < -0.4 is 11.1 Å². The number of furan rings is 1. The second-order valence-electron chi connectivity index (χ2n) is 6.81. The van der Waals surface area contributed by atoms with E-state index in [1.807, 2.05) is 36.4 Å². The van der Waals surface area contributed by atoms with Crippen molar-refractivity contribution in [2.45, 2.75) is 44.3 Å². The van der Waals surface area contributed by atoms with Gasteiger partial charge in [0.05, 0.1) is 12.5 Å². The first kappa shape index (κ1) is 18.2. The van der Waals surface area contributed by atoms with Gasteiger partial charge in [-0.15, -0.1) is 0 Å². The van der Waals surface area contributed by atoms with Crippen molar-refractivity contribution in [3.63, 3.8) is 0 Å². The molecule has 0 radical (unpaired) electrons. The number of amides is 2. The molecule has 2 atom stereocenters. The van der Waals surface area contributed by atoms with Crippen molar-refractivity contribution in [1.29, 1.82) is 0 Å². The Morgan fingerprint density at radius 3 is 2.73 bits per heavy atom. The maximum atomic E-state index is 12.5. The van der Waals surface area contributed by atoms with E-state index in [2.05, 4.69) is 10.2 Å². The van der Waals surface area contributed by atoms with Crippen molar-refractivity contribution in [2.24, 2.45) is 5.73 Å². The molecule has 26 heavy (non-hydrogen) atoms. The van der Waals surface area contributed by atoms with Crippen molar-refractivity contribution < 1.29 is 14.0 Å².